The Morgan fingerprint density at radius 2 is 1.48 bits per heavy atom. The number of hydrogen-bond donors (Lipinski definition) is 0. The number of Topliss-reactive ketones (excluding diaryl/α,β-unsaturated/α-hetero) is 1. The van der Waals surface area contributed by atoms with Gasteiger partial charge in [0.1, 0.15) is 5.71 Å². The molecule has 0 atom stereocenters. The normalized spacial score (nSPS) is 13.1. The standard InChI is InChI=1S/C22H16N2O3/c25-22(18-9-5-2-6-10-18)21(17-7-3-1-4-8-17)24-23-14-16-11-12-19-20(13-16)27-15-26-19/h1-14H,15H2/b23-14-,24-21+. The largest absolute Gasteiger partial charge is 0.454 e. The third-order valence-electron chi connectivity index (χ3n) is 4.06. The summed E-state index contributed by atoms with van der Waals surface area (Å²) in [6, 6.07) is 23.9. The van der Waals surface area contributed by atoms with Gasteiger partial charge in [-0.25, -0.2) is 0 Å². The van der Waals surface area contributed by atoms with E-state index in [-0.39, 0.29) is 12.6 Å². The number of ether oxygens (including phenoxy) is 2. The number of carbonyl (C=O) groups excluding carboxylic acids is 1. The lowest BCUT2D eigenvalue weighted by atomic mass is 10.0. The number of nitrogens with zero attached hydrogens (tertiary/aromatic N) is 2. The van der Waals surface area contributed by atoms with Gasteiger partial charge in [0, 0.05) is 11.1 Å². The van der Waals surface area contributed by atoms with Gasteiger partial charge in [0.05, 0.1) is 6.21 Å². The smallest absolute Gasteiger partial charge is 0.231 e. The molecule has 5 heteroatoms. The third-order valence-corrected chi connectivity index (χ3v) is 4.06. The van der Waals surface area contributed by atoms with Crippen LogP contribution < -0.4 is 9.47 Å². The van der Waals surface area contributed by atoms with Crippen molar-refractivity contribution in [1.82, 2.24) is 0 Å². The lowest BCUT2D eigenvalue weighted by molar-refractivity contribution is 0.106. The maximum Gasteiger partial charge on any atom is 0.231 e. The highest BCUT2D eigenvalue weighted by molar-refractivity contribution is 6.51. The van der Waals surface area contributed by atoms with Gasteiger partial charge in [0.25, 0.3) is 0 Å². The van der Waals surface area contributed by atoms with E-state index in [0.717, 1.165) is 5.56 Å². The second-order valence-electron chi connectivity index (χ2n) is 5.87. The van der Waals surface area contributed by atoms with Crippen molar-refractivity contribution in [2.45, 2.75) is 0 Å². The molecular formula is C22H16N2O3. The van der Waals surface area contributed by atoms with E-state index in [9.17, 15) is 4.79 Å². The molecule has 1 heterocycles. The van der Waals surface area contributed by atoms with E-state index in [1.807, 2.05) is 66.7 Å². The third kappa shape index (κ3) is 3.77. The molecule has 1 aliphatic heterocycles. The van der Waals surface area contributed by atoms with Crippen molar-refractivity contribution in [3.8, 4) is 11.5 Å². The molecule has 0 fully saturated rings. The summed E-state index contributed by atoms with van der Waals surface area (Å²) in [6.07, 6.45) is 1.59. The van der Waals surface area contributed by atoms with Gasteiger partial charge >= 0.3 is 0 Å². The minimum atomic E-state index is -0.176. The van der Waals surface area contributed by atoms with E-state index >= 15 is 0 Å². The topological polar surface area (TPSA) is 60.2 Å². The second-order valence-corrected chi connectivity index (χ2v) is 5.87. The molecule has 0 radical (unpaired) electrons. The summed E-state index contributed by atoms with van der Waals surface area (Å²) in [6.45, 7) is 0.220. The fraction of sp³-hybridized carbons (Fsp3) is 0.0455. The predicted molar refractivity (Wildman–Crippen MR) is 104 cm³/mol. The molecule has 5 nitrogen and oxygen atoms in total. The molecule has 1 aliphatic rings. The molecule has 27 heavy (non-hydrogen) atoms. The predicted octanol–water partition coefficient (Wildman–Crippen LogP) is 4.12. The van der Waals surface area contributed by atoms with Crippen LogP contribution in [0.3, 0.4) is 0 Å². The Kier molecular flexibility index (Phi) is 4.74. The molecule has 132 valence electrons. The monoisotopic (exact) mass is 356 g/mol. The summed E-state index contributed by atoms with van der Waals surface area (Å²) in [5.74, 6) is 1.20. The van der Waals surface area contributed by atoms with Crippen LogP contribution in [0.25, 0.3) is 0 Å². The molecule has 0 amide bonds. The molecule has 0 bridgehead atoms. The average Bonchev–Trinajstić information content (AvgIpc) is 3.20. The van der Waals surface area contributed by atoms with E-state index < -0.39 is 0 Å². The summed E-state index contributed by atoms with van der Waals surface area (Å²) >= 11 is 0. The number of fused-ring (bicyclic) bond motifs is 1. The zero-order valence-corrected chi connectivity index (χ0v) is 14.4. The first-order valence-corrected chi connectivity index (χ1v) is 8.47. The van der Waals surface area contributed by atoms with E-state index in [1.54, 1.807) is 18.3 Å². The fourth-order valence-corrected chi connectivity index (χ4v) is 2.70. The number of hydrogen-bond acceptors (Lipinski definition) is 5. The van der Waals surface area contributed by atoms with Crippen molar-refractivity contribution in [2.24, 2.45) is 10.2 Å². The van der Waals surface area contributed by atoms with E-state index in [1.165, 1.54) is 0 Å². The summed E-state index contributed by atoms with van der Waals surface area (Å²) < 4.78 is 10.7. The van der Waals surface area contributed by atoms with Crippen LogP contribution in [0.5, 0.6) is 11.5 Å². The molecule has 0 saturated heterocycles. The fourth-order valence-electron chi connectivity index (χ4n) is 2.70. The van der Waals surface area contributed by atoms with Crippen LogP contribution in [0.4, 0.5) is 0 Å². The summed E-state index contributed by atoms with van der Waals surface area (Å²) in [4.78, 5) is 12.9. The van der Waals surface area contributed by atoms with Gasteiger partial charge in [-0.3, -0.25) is 4.79 Å². The van der Waals surface area contributed by atoms with Crippen molar-refractivity contribution >= 4 is 17.7 Å². The zero-order valence-electron chi connectivity index (χ0n) is 14.4. The number of carbonyl (C=O) groups is 1. The van der Waals surface area contributed by atoms with Crippen molar-refractivity contribution in [1.29, 1.82) is 0 Å². The maximum absolute atomic E-state index is 12.9. The number of benzene rings is 3. The van der Waals surface area contributed by atoms with Gasteiger partial charge < -0.3 is 9.47 Å². The highest BCUT2D eigenvalue weighted by Crippen LogP contribution is 2.31. The zero-order chi connectivity index (χ0) is 18.5. The Morgan fingerprint density at radius 1 is 0.815 bits per heavy atom. The number of ketones is 1. The van der Waals surface area contributed by atoms with Gasteiger partial charge in [-0.1, -0.05) is 60.7 Å². The van der Waals surface area contributed by atoms with Crippen LogP contribution in [-0.2, 0) is 0 Å². The van der Waals surface area contributed by atoms with Crippen LogP contribution in [-0.4, -0.2) is 24.5 Å². The lowest BCUT2D eigenvalue weighted by Crippen LogP contribution is -2.15. The molecule has 0 saturated carbocycles. The molecule has 3 aromatic carbocycles. The Morgan fingerprint density at radius 3 is 2.22 bits per heavy atom. The average molecular weight is 356 g/mol. The van der Waals surface area contributed by atoms with Crippen LogP contribution >= 0.6 is 0 Å². The quantitative estimate of drug-likeness (QED) is 0.392. The first-order chi connectivity index (χ1) is 13.3. The maximum atomic E-state index is 12.9. The van der Waals surface area contributed by atoms with Gasteiger partial charge in [-0.15, -0.1) is 5.10 Å². The van der Waals surface area contributed by atoms with Crippen LogP contribution in [0.2, 0.25) is 0 Å². The Hall–Kier alpha value is -3.73. The first kappa shape index (κ1) is 16.7. The van der Waals surface area contributed by atoms with Gasteiger partial charge in [-0.2, -0.15) is 5.10 Å². The van der Waals surface area contributed by atoms with Crippen molar-refractivity contribution < 1.29 is 14.3 Å². The SMILES string of the molecule is O=C(/C(=N/N=C\c1ccc2c(c1)OCO2)c1ccccc1)c1ccccc1. The summed E-state index contributed by atoms with van der Waals surface area (Å²) in [5, 5.41) is 8.36. The minimum absolute atomic E-state index is 0.176. The van der Waals surface area contributed by atoms with Crippen LogP contribution in [0, 0.1) is 0 Å². The molecule has 0 N–H and O–H groups in total. The molecule has 0 aliphatic carbocycles. The van der Waals surface area contributed by atoms with Crippen molar-refractivity contribution in [3.63, 3.8) is 0 Å². The highest BCUT2D eigenvalue weighted by Gasteiger charge is 2.16. The van der Waals surface area contributed by atoms with Crippen molar-refractivity contribution in [2.75, 3.05) is 6.79 Å². The van der Waals surface area contributed by atoms with Gasteiger partial charge in [0.2, 0.25) is 12.6 Å². The molecule has 4 rings (SSSR count). The van der Waals surface area contributed by atoms with E-state index in [0.29, 0.717) is 28.3 Å². The first-order valence-electron chi connectivity index (χ1n) is 8.47. The van der Waals surface area contributed by atoms with Crippen LogP contribution in [0.1, 0.15) is 21.5 Å². The molecule has 0 aromatic heterocycles. The lowest BCUT2D eigenvalue weighted by Gasteiger charge is -2.04. The highest BCUT2D eigenvalue weighted by atomic mass is 16.7. The Bertz CT molecular complexity index is 1010. The summed E-state index contributed by atoms with van der Waals surface area (Å²) in [7, 11) is 0. The summed E-state index contributed by atoms with van der Waals surface area (Å²) in [5.41, 5.74) is 2.38. The molecule has 0 unspecified atom stereocenters. The van der Waals surface area contributed by atoms with Gasteiger partial charge in [0.15, 0.2) is 11.5 Å². The van der Waals surface area contributed by atoms with Crippen LogP contribution in [0.15, 0.2) is 89.1 Å². The van der Waals surface area contributed by atoms with E-state index in [2.05, 4.69) is 10.2 Å². The van der Waals surface area contributed by atoms with Crippen molar-refractivity contribution in [3.05, 3.63) is 95.6 Å². The van der Waals surface area contributed by atoms with E-state index in [4.69, 9.17) is 9.47 Å². The Balaban J connectivity index is 1.65. The molecule has 0 spiro atoms. The molecule has 3 aromatic rings. The second kappa shape index (κ2) is 7.66. The number of rotatable bonds is 5. The molecular weight excluding hydrogens is 340 g/mol. The van der Waals surface area contributed by atoms with Gasteiger partial charge in [-0.05, 0) is 23.8 Å². The Labute approximate surface area is 156 Å². The minimum Gasteiger partial charge on any atom is -0.454 e.